The van der Waals surface area contributed by atoms with Gasteiger partial charge >= 0.3 is 0 Å². The number of nitrogens with one attached hydrogen (secondary N) is 1. The number of hydrogen-bond donors (Lipinski definition) is 2. The highest BCUT2D eigenvalue weighted by molar-refractivity contribution is 5.88. The maximum atomic E-state index is 8.75. The number of aromatic nitrogens is 2. The van der Waals surface area contributed by atoms with E-state index in [4.69, 9.17) is 5.11 Å². The summed E-state index contributed by atoms with van der Waals surface area (Å²) >= 11 is 0. The summed E-state index contributed by atoms with van der Waals surface area (Å²) in [5, 5.41) is 13.0. The van der Waals surface area contributed by atoms with Crippen LogP contribution < -0.4 is 5.32 Å². The van der Waals surface area contributed by atoms with Crippen LogP contribution in [0.1, 0.15) is 6.42 Å². The van der Waals surface area contributed by atoms with E-state index >= 15 is 0 Å². The molecule has 96 valence electrons. The van der Waals surface area contributed by atoms with Crippen LogP contribution in [0.2, 0.25) is 0 Å². The fourth-order valence-electron chi connectivity index (χ4n) is 1.62. The molecule has 0 amide bonds. The Morgan fingerprint density at radius 2 is 2.16 bits per heavy atom. The molecule has 4 nitrogen and oxygen atoms in total. The second kappa shape index (κ2) is 6.53. The third-order valence-corrected chi connectivity index (χ3v) is 2.54. The lowest BCUT2D eigenvalue weighted by atomic mass is 10.2. The first-order valence-electron chi connectivity index (χ1n) is 6.02. The normalized spacial score (nSPS) is 9.74. The van der Waals surface area contributed by atoms with Crippen LogP contribution in [0.5, 0.6) is 0 Å². The zero-order chi connectivity index (χ0) is 13.5. The van der Waals surface area contributed by atoms with Crippen LogP contribution in [-0.4, -0.2) is 28.2 Å². The van der Waals surface area contributed by atoms with E-state index in [9.17, 15) is 0 Å². The molecule has 0 atom stereocenters. The number of nitrogens with zero attached hydrogens (tertiary/aromatic N) is 2. The molecule has 0 radical (unpaired) electrons. The number of para-hydroxylation sites is 1. The van der Waals surface area contributed by atoms with Crippen LogP contribution in [0.15, 0.2) is 42.7 Å². The van der Waals surface area contributed by atoms with Gasteiger partial charge in [-0.05, 0) is 12.1 Å². The van der Waals surface area contributed by atoms with E-state index in [-0.39, 0.29) is 6.61 Å². The van der Waals surface area contributed by atoms with Crippen molar-refractivity contribution in [1.82, 2.24) is 9.97 Å². The van der Waals surface area contributed by atoms with Crippen molar-refractivity contribution in [3.63, 3.8) is 0 Å². The molecule has 1 aromatic heterocycles. The highest BCUT2D eigenvalue weighted by Gasteiger charge is 2.00. The number of benzene rings is 1. The van der Waals surface area contributed by atoms with E-state index in [0.717, 1.165) is 16.7 Å². The molecule has 0 aliphatic heterocycles. The zero-order valence-corrected chi connectivity index (χ0v) is 10.6. The lowest BCUT2D eigenvalue weighted by Crippen LogP contribution is -2.03. The summed E-state index contributed by atoms with van der Waals surface area (Å²) in [5.41, 5.74) is 1.45. The smallest absolute Gasteiger partial charge is 0.137 e. The van der Waals surface area contributed by atoms with Crippen LogP contribution >= 0.6 is 0 Å². The summed E-state index contributed by atoms with van der Waals surface area (Å²) < 4.78 is 0. The second-order valence-electron chi connectivity index (χ2n) is 3.98. The largest absolute Gasteiger partial charge is 0.391 e. The molecule has 0 aliphatic rings. The number of aliphatic hydroxyl groups excluding tert-OH is 1. The van der Waals surface area contributed by atoms with Gasteiger partial charge in [-0.3, -0.25) is 0 Å². The molecule has 4 heteroatoms. The first kappa shape index (κ1) is 13.1. The van der Waals surface area contributed by atoms with Gasteiger partial charge in [-0.2, -0.15) is 0 Å². The Kier molecular flexibility index (Phi) is 4.49. The van der Waals surface area contributed by atoms with Crippen molar-refractivity contribution in [1.29, 1.82) is 0 Å². The third kappa shape index (κ3) is 3.54. The molecule has 0 bridgehead atoms. The quantitative estimate of drug-likeness (QED) is 0.646. The van der Waals surface area contributed by atoms with Gasteiger partial charge in [-0.25, -0.2) is 9.97 Å². The van der Waals surface area contributed by atoms with Crippen LogP contribution in [0, 0.1) is 11.8 Å². The molecular formula is C15H15N3O. The fraction of sp³-hybridized carbons (Fsp3) is 0.200. The molecular weight excluding hydrogens is 238 g/mol. The number of hydrogen-bond acceptors (Lipinski definition) is 4. The third-order valence-electron chi connectivity index (χ3n) is 2.54. The van der Waals surface area contributed by atoms with E-state index in [1.807, 2.05) is 24.3 Å². The zero-order valence-electron chi connectivity index (χ0n) is 10.6. The van der Waals surface area contributed by atoms with Gasteiger partial charge in [0.25, 0.3) is 0 Å². The summed E-state index contributed by atoms with van der Waals surface area (Å²) in [7, 11) is 0. The monoisotopic (exact) mass is 253 g/mol. The Hall–Kier alpha value is -2.38. The Bertz CT molecular complexity index is 635. The first-order valence-corrected chi connectivity index (χ1v) is 6.02. The van der Waals surface area contributed by atoms with E-state index in [1.165, 1.54) is 0 Å². The summed E-state index contributed by atoms with van der Waals surface area (Å²) in [6.45, 7) is 4.21. The Morgan fingerprint density at radius 3 is 3.00 bits per heavy atom. The molecule has 2 aromatic rings. The van der Waals surface area contributed by atoms with Gasteiger partial charge in [0, 0.05) is 23.9 Å². The summed E-state index contributed by atoms with van der Waals surface area (Å²) in [4.78, 5) is 8.43. The molecule has 2 N–H and O–H groups in total. The molecule has 0 saturated heterocycles. The molecule has 2 rings (SSSR count). The fourth-order valence-corrected chi connectivity index (χ4v) is 1.62. The van der Waals surface area contributed by atoms with Crippen molar-refractivity contribution in [2.24, 2.45) is 0 Å². The number of rotatable bonds is 4. The van der Waals surface area contributed by atoms with Crippen molar-refractivity contribution in [2.75, 3.05) is 18.5 Å². The average molecular weight is 253 g/mol. The highest BCUT2D eigenvalue weighted by Crippen LogP contribution is 2.17. The van der Waals surface area contributed by atoms with E-state index in [1.54, 1.807) is 6.33 Å². The topological polar surface area (TPSA) is 58.0 Å². The molecule has 0 unspecified atom stereocenters. The van der Waals surface area contributed by atoms with E-state index in [0.29, 0.717) is 18.5 Å². The minimum absolute atomic E-state index is 0.0863. The van der Waals surface area contributed by atoms with Crippen LogP contribution in [0.25, 0.3) is 10.9 Å². The van der Waals surface area contributed by atoms with Crippen LogP contribution in [0.3, 0.4) is 0 Å². The van der Waals surface area contributed by atoms with Crippen molar-refractivity contribution >= 4 is 16.7 Å². The highest BCUT2D eigenvalue weighted by atomic mass is 16.3. The molecule has 0 aliphatic carbocycles. The minimum Gasteiger partial charge on any atom is -0.391 e. The lowest BCUT2D eigenvalue weighted by Gasteiger charge is -2.05. The van der Waals surface area contributed by atoms with Gasteiger partial charge < -0.3 is 10.4 Å². The molecule has 1 aromatic carbocycles. The molecule has 19 heavy (non-hydrogen) atoms. The van der Waals surface area contributed by atoms with Gasteiger partial charge in [0.15, 0.2) is 0 Å². The van der Waals surface area contributed by atoms with Gasteiger partial charge in [0.1, 0.15) is 12.1 Å². The number of fused-ring (bicyclic) bond motifs is 1. The molecule has 1 heterocycles. The van der Waals surface area contributed by atoms with Crippen LogP contribution in [-0.2, 0) is 0 Å². The molecule has 0 fully saturated rings. The molecule has 0 spiro atoms. The van der Waals surface area contributed by atoms with Gasteiger partial charge in [-0.15, -0.1) is 0 Å². The number of anilines is 1. The Morgan fingerprint density at radius 1 is 1.32 bits per heavy atom. The van der Waals surface area contributed by atoms with Crippen molar-refractivity contribution < 1.29 is 5.11 Å². The summed E-state index contributed by atoms with van der Waals surface area (Å²) in [6.07, 6.45) is 2.21. The van der Waals surface area contributed by atoms with Gasteiger partial charge in [0.2, 0.25) is 0 Å². The standard InChI is InChI=1S/C15H15N3O/c1-12(10-19)6-4-5-9-16-15-13-7-2-3-8-14(13)17-11-18-15/h2-3,7-8,11,19H,1,5,9-10H2,(H,16,17,18). The second-order valence-corrected chi connectivity index (χ2v) is 3.98. The van der Waals surface area contributed by atoms with Crippen molar-refractivity contribution in [3.05, 3.63) is 42.7 Å². The van der Waals surface area contributed by atoms with Crippen molar-refractivity contribution in [2.45, 2.75) is 6.42 Å². The summed E-state index contributed by atoms with van der Waals surface area (Å²) in [5.74, 6) is 6.54. The lowest BCUT2D eigenvalue weighted by molar-refractivity contribution is 0.336. The first-order chi connectivity index (χ1) is 9.31. The van der Waals surface area contributed by atoms with E-state index in [2.05, 4.69) is 33.7 Å². The van der Waals surface area contributed by atoms with Gasteiger partial charge in [-0.1, -0.05) is 30.6 Å². The Balaban J connectivity index is 1.98. The molecule has 0 saturated carbocycles. The summed E-state index contributed by atoms with van der Waals surface area (Å²) in [6, 6.07) is 7.84. The maximum absolute atomic E-state index is 8.75. The van der Waals surface area contributed by atoms with Gasteiger partial charge in [0.05, 0.1) is 12.1 Å². The van der Waals surface area contributed by atoms with Crippen LogP contribution in [0.4, 0.5) is 5.82 Å². The SMILES string of the molecule is C=C(C#CCCNc1ncnc2ccccc12)CO. The average Bonchev–Trinajstić information content (AvgIpc) is 2.46. The minimum atomic E-state index is -0.0863. The van der Waals surface area contributed by atoms with Crippen molar-refractivity contribution in [3.8, 4) is 11.8 Å². The predicted octanol–water partition coefficient (Wildman–Crippen LogP) is 1.98. The maximum Gasteiger partial charge on any atom is 0.137 e. The number of aliphatic hydroxyl groups is 1. The predicted molar refractivity (Wildman–Crippen MR) is 76.6 cm³/mol. The van der Waals surface area contributed by atoms with E-state index < -0.39 is 0 Å². The Labute approximate surface area is 112 Å².